The molecule has 0 saturated heterocycles. The van der Waals surface area contributed by atoms with Gasteiger partial charge in [-0.15, -0.1) is 12.4 Å². The lowest BCUT2D eigenvalue weighted by Crippen LogP contribution is -2.42. The molecular formula is C21H25ClN2O2. The van der Waals surface area contributed by atoms with Crippen molar-refractivity contribution in [2.75, 3.05) is 0 Å². The van der Waals surface area contributed by atoms with Gasteiger partial charge in [-0.05, 0) is 35.6 Å². The van der Waals surface area contributed by atoms with Crippen LogP contribution in [0.25, 0.3) is 0 Å². The van der Waals surface area contributed by atoms with E-state index in [-0.39, 0.29) is 18.4 Å². The molecule has 0 radical (unpaired) electrons. The van der Waals surface area contributed by atoms with Crippen molar-refractivity contribution >= 4 is 12.4 Å². The Morgan fingerprint density at radius 2 is 1.96 bits per heavy atom. The highest BCUT2D eigenvalue weighted by molar-refractivity contribution is 5.85. The molecule has 0 unspecified atom stereocenters. The maximum atomic E-state index is 10.7. The molecule has 2 atom stereocenters. The fourth-order valence-corrected chi connectivity index (χ4v) is 3.44. The van der Waals surface area contributed by atoms with Gasteiger partial charge in [0.2, 0.25) is 0 Å². The Morgan fingerprint density at radius 3 is 2.62 bits per heavy atom. The summed E-state index contributed by atoms with van der Waals surface area (Å²) in [5, 5.41) is 23.7. The quantitative estimate of drug-likeness (QED) is 0.835. The molecule has 1 aliphatic carbocycles. The molecule has 4 nitrogen and oxygen atoms in total. The molecule has 0 aromatic heterocycles. The van der Waals surface area contributed by atoms with Gasteiger partial charge >= 0.3 is 0 Å². The second-order valence-electron chi connectivity index (χ2n) is 6.80. The van der Waals surface area contributed by atoms with E-state index in [1.165, 1.54) is 0 Å². The Kier molecular flexibility index (Phi) is 7.05. The van der Waals surface area contributed by atoms with Crippen LogP contribution in [0.5, 0.6) is 5.75 Å². The largest absolute Gasteiger partial charge is 0.488 e. The van der Waals surface area contributed by atoms with Crippen LogP contribution >= 0.6 is 12.4 Å². The van der Waals surface area contributed by atoms with Crippen LogP contribution in [0.1, 0.15) is 48.6 Å². The van der Waals surface area contributed by atoms with Gasteiger partial charge in [0.1, 0.15) is 18.4 Å². The summed E-state index contributed by atoms with van der Waals surface area (Å²) >= 11 is 0. The number of hydrogen-bond acceptors (Lipinski definition) is 4. The van der Waals surface area contributed by atoms with E-state index in [1.807, 2.05) is 36.4 Å². The number of nitrogens with zero attached hydrogens (tertiary/aromatic N) is 1. The van der Waals surface area contributed by atoms with E-state index in [4.69, 9.17) is 4.74 Å². The summed E-state index contributed by atoms with van der Waals surface area (Å²) in [6, 6.07) is 16.2. The lowest BCUT2D eigenvalue weighted by Gasteiger charge is -2.33. The standard InChI is InChI=1S/C21H24N2O2.ClH/c1-14(2)23-19-10-8-16-17(21(19)24)9-11-20(18(16)12-22)25-13-15-6-4-3-5-7-15;/h3-7,9,11,14,19,21,23-24H,8,10,13H2,1-2H3;1H/t19-,21-;/m0./s1. The van der Waals surface area contributed by atoms with E-state index in [0.717, 1.165) is 29.5 Å². The van der Waals surface area contributed by atoms with Crippen molar-refractivity contribution in [1.82, 2.24) is 5.32 Å². The molecule has 0 bridgehead atoms. The zero-order valence-electron chi connectivity index (χ0n) is 15.1. The molecule has 0 aliphatic heterocycles. The first-order valence-electron chi connectivity index (χ1n) is 8.77. The molecule has 5 heteroatoms. The Bertz CT molecular complexity index is 772. The van der Waals surface area contributed by atoms with Gasteiger partial charge in [-0.1, -0.05) is 50.2 Å². The second kappa shape index (κ2) is 9.05. The summed E-state index contributed by atoms with van der Waals surface area (Å²) in [7, 11) is 0. The molecule has 2 aromatic rings. The van der Waals surface area contributed by atoms with Crippen LogP contribution < -0.4 is 10.1 Å². The normalized spacial score (nSPS) is 18.6. The van der Waals surface area contributed by atoms with Crippen molar-refractivity contribution in [2.45, 2.75) is 51.5 Å². The number of aliphatic hydroxyl groups excluding tert-OH is 1. The first kappa shape index (κ1) is 20.3. The van der Waals surface area contributed by atoms with Gasteiger partial charge in [0.05, 0.1) is 11.7 Å². The summed E-state index contributed by atoms with van der Waals surface area (Å²) in [5.74, 6) is 0.590. The first-order chi connectivity index (χ1) is 12.1. The van der Waals surface area contributed by atoms with E-state index in [2.05, 4.69) is 25.2 Å². The smallest absolute Gasteiger partial charge is 0.137 e. The second-order valence-corrected chi connectivity index (χ2v) is 6.80. The molecule has 1 aliphatic rings. The molecule has 0 fully saturated rings. The highest BCUT2D eigenvalue weighted by atomic mass is 35.5. The fraction of sp³-hybridized carbons (Fsp3) is 0.381. The van der Waals surface area contributed by atoms with Crippen LogP contribution in [0.4, 0.5) is 0 Å². The zero-order chi connectivity index (χ0) is 17.8. The van der Waals surface area contributed by atoms with E-state index in [1.54, 1.807) is 6.07 Å². The number of hydrogen-bond donors (Lipinski definition) is 2. The number of ether oxygens (including phenoxy) is 1. The van der Waals surface area contributed by atoms with Gasteiger partial charge in [0, 0.05) is 12.1 Å². The number of aliphatic hydroxyl groups is 1. The minimum absolute atomic E-state index is 0. The predicted molar refractivity (Wildman–Crippen MR) is 105 cm³/mol. The van der Waals surface area contributed by atoms with Crippen LogP contribution in [0.15, 0.2) is 42.5 Å². The maximum absolute atomic E-state index is 10.7. The van der Waals surface area contributed by atoms with Gasteiger partial charge in [-0.2, -0.15) is 5.26 Å². The zero-order valence-corrected chi connectivity index (χ0v) is 15.9. The SMILES string of the molecule is CC(C)N[C@H]1CCc2c(ccc(OCc3ccccc3)c2C#N)[C@@H]1O.Cl. The number of nitriles is 1. The summed E-state index contributed by atoms with van der Waals surface area (Å²) < 4.78 is 5.89. The topological polar surface area (TPSA) is 65.3 Å². The van der Waals surface area contributed by atoms with Crippen LogP contribution in [-0.4, -0.2) is 17.2 Å². The summed E-state index contributed by atoms with van der Waals surface area (Å²) in [6.07, 6.45) is 0.979. The molecule has 0 spiro atoms. The number of nitrogens with one attached hydrogen (secondary N) is 1. The van der Waals surface area contributed by atoms with Gasteiger partial charge in [0.25, 0.3) is 0 Å². The van der Waals surface area contributed by atoms with Crippen LogP contribution in [0, 0.1) is 11.3 Å². The van der Waals surface area contributed by atoms with Crippen LogP contribution in [-0.2, 0) is 13.0 Å². The predicted octanol–water partition coefficient (Wildman–Crippen LogP) is 3.91. The monoisotopic (exact) mass is 372 g/mol. The lowest BCUT2D eigenvalue weighted by atomic mass is 9.83. The van der Waals surface area contributed by atoms with Crippen molar-refractivity contribution in [3.63, 3.8) is 0 Å². The number of halogens is 1. The molecule has 138 valence electrons. The van der Waals surface area contributed by atoms with Crippen molar-refractivity contribution in [1.29, 1.82) is 5.26 Å². The summed E-state index contributed by atoms with van der Waals surface area (Å²) in [4.78, 5) is 0. The van der Waals surface area contributed by atoms with E-state index in [0.29, 0.717) is 24.0 Å². The third-order valence-corrected chi connectivity index (χ3v) is 4.61. The average molecular weight is 373 g/mol. The van der Waals surface area contributed by atoms with Crippen molar-refractivity contribution in [2.24, 2.45) is 0 Å². The molecular weight excluding hydrogens is 348 g/mol. The number of benzene rings is 2. The van der Waals surface area contributed by atoms with Crippen LogP contribution in [0.3, 0.4) is 0 Å². The first-order valence-corrected chi connectivity index (χ1v) is 8.77. The summed E-state index contributed by atoms with van der Waals surface area (Å²) in [6.45, 7) is 4.57. The Morgan fingerprint density at radius 1 is 1.23 bits per heavy atom. The minimum atomic E-state index is -0.596. The van der Waals surface area contributed by atoms with Gasteiger partial charge < -0.3 is 15.2 Å². The van der Waals surface area contributed by atoms with Crippen molar-refractivity contribution in [3.05, 3.63) is 64.7 Å². The molecule has 3 rings (SSSR count). The highest BCUT2D eigenvalue weighted by Gasteiger charge is 2.30. The Labute approximate surface area is 161 Å². The lowest BCUT2D eigenvalue weighted by molar-refractivity contribution is 0.110. The third kappa shape index (κ3) is 4.37. The molecule has 0 saturated carbocycles. The van der Waals surface area contributed by atoms with Crippen molar-refractivity contribution in [3.8, 4) is 11.8 Å². The van der Waals surface area contributed by atoms with Gasteiger partial charge in [-0.25, -0.2) is 0 Å². The van der Waals surface area contributed by atoms with E-state index >= 15 is 0 Å². The maximum Gasteiger partial charge on any atom is 0.137 e. The van der Waals surface area contributed by atoms with E-state index in [9.17, 15) is 10.4 Å². The molecule has 2 N–H and O–H groups in total. The van der Waals surface area contributed by atoms with E-state index < -0.39 is 6.10 Å². The molecule has 0 amide bonds. The Balaban J connectivity index is 0.00000243. The van der Waals surface area contributed by atoms with Crippen LogP contribution in [0.2, 0.25) is 0 Å². The highest BCUT2D eigenvalue weighted by Crippen LogP contribution is 2.36. The third-order valence-electron chi connectivity index (χ3n) is 4.61. The summed E-state index contributed by atoms with van der Waals surface area (Å²) in [5.41, 5.74) is 3.37. The van der Waals surface area contributed by atoms with Gasteiger partial charge in [0.15, 0.2) is 0 Å². The molecule has 2 aromatic carbocycles. The fourth-order valence-electron chi connectivity index (χ4n) is 3.44. The van der Waals surface area contributed by atoms with Gasteiger partial charge in [-0.3, -0.25) is 0 Å². The number of rotatable bonds is 5. The minimum Gasteiger partial charge on any atom is -0.488 e. The Hall–Kier alpha value is -2.06. The van der Waals surface area contributed by atoms with Crippen molar-refractivity contribution < 1.29 is 9.84 Å². The molecule has 0 heterocycles. The molecule has 26 heavy (non-hydrogen) atoms. The number of fused-ring (bicyclic) bond motifs is 1. The average Bonchev–Trinajstić information content (AvgIpc) is 2.62.